The van der Waals surface area contributed by atoms with Crippen LogP contribution in [0.5, 0.6) is 11.5 Å². The van der Waals surface area contributed by atoms with E-state index in [0.29, 0.717) is 22.0 Å². The minimum atomic E-state index is -0.392. The summed E-state index contributed by atoms with van der Waals surface area (Å²) in [6.07, 6.45) is 6.75. The fourth-order valence-electron chi connectivity index (χ4n) is 2.04. The highest BCUT2D eigenvalue weighted by Crippen LogP contribution is 2.37. The van der Waals surface area contributed by atoms with Crippen LogP contribution in [0.3, 0.4) is 0 Å². The van der Waals surface area contributed by atoms with Gasteiger partial charge in [-0.1, -0.05) is 18.1 Å². The number of ether oxygens (including phenoxy) is 2. The fraction of sp³-hybridized carbons (Fsp3) is 0.294. The Balaban J connectivity index is 2.42. The summed E-state index contributed by atoms with van der Waals surface area (Å²) in [5.74, 6) is 3.02. The van der Waals surface area contributed by atoms with Crippen LogP contribution >= 0.6 is 11.8 Å². The molecule has 23 heavy (non-hydrogen) atoms. The minimum Gasteiger partial charge on any atom is -0.493 e. The Bertz CT molecular complexity index is 703. The number of para-hydroxylation sites is 1. The molecule has 0 spiro atoms. The number of hydrogen-bond acceptors (Lipinski definition) is 5. The lowest BCUT2D eigenvalue weighted by molar-refractivity contribution is -0.122. The Hall–Kier alpha value is -2.39. The van der Waals surface area contributed by atoms with Gasteiger partial charge >= 0.3 is 0 Å². The number of benzene rings is 1. The lowest BCUT2D eigenvalue weighted by Gasteiger charge is -2.16. The number of nitrogens with zero attached hydrogens (tertiary/aromatic N) is 1. The quantitative estimate of drug-likeness (QED) is 0.613. The predicted octanol–water partition coefficient (Wildman–Crippen LogP) is 3.15. The molecule has 0 aromatic heterocycles. The molecule has 0 aliphatic carbocycles. The van der Waals surface area contributed by atoms with E-state index in [2.05, 4.69) is 5.92 Å². The topological polar surface area (TPSA) is 55.8 Å². The first kappa shape index (κ1) is 17.0. The molecule has 2 amide bonds. The van der Waals surface area contributed by atoms with Crippen LogP contribution in [0.15, 0.2) is 23.1 Å². The number of carbonyl (C=O) groups excluding carboxylic acids is 2. The molecule has 0 saturated carbocycles. The number of rotatable bonds is 5. The van der Waals surface area contributed by atoms with Crippen molar-refractivity contribution in [2.24, 2.45) is 0 Å². The molecule has 6 heteroatoms. The predicted molar refractivity (Wildman–Crippen MR) is 90.3 cm³/mol. The van der Waals surface area contributed by atoms with E-state index in [1.807, 2.05) is 13.8 Å². The van der Waals surface area contributed by atoms with Gasteiger partial charge in [-0.2, -0.15) is 0 Å². The molecule has 0 radical (unpaired) electrons. The average Bonchev–Trinajstić information content (AvgIpc) is 2.76. The summed E-state index contributed by atoms with van der Waals surface area (Å²) in [5, 5.41) is -0.367. The van der Waals surface area contributed by atoms with Gasteiger partial charge in [0.1, 0.15) is 0 Å². The molecule has 1 aliphatic heterocycles. The number of imide groups is 1. The number of carbonyl (C=O) groups is 2. The lowest BCUT2D eigenvalue weighted by atomic mass is 10.1. The molecule has 5 nitrogen and oxygen atoms in total. The maximum absolute atomic E-state index is 12.2. The molecule has 0 N–H and O–H groups in total. The van der Waals surface area contributed by atoms with Gasteiger partial charge in [0, 0.05) is 5.56 Å². The molecule has 2 rings (SSSR count). The normalized spacial score (nSPS) is 16.1. The Labute approximate surface area is 139 Å². The van der Waals surface area contributed by atoms with Crippen molar-refractivity contribution in [3.63, 3.8) is 0 Å². The third-order valence-corrected chi connectivity index (χ3v) is 3.90. The van der Waals surface area contributed by atoms with Gasteiger partial charge in [0.05, 0.1) is 24.7 Å². The van der Waals surface area contributed by atoms with Crippen LogP contribution in [0.1, 0.15) is 19.4 Å². The van der Waals surface area contributed by atoms with Crippen LogP contribution < -0.4 is 9.47 Å². The summed E-state index contributed by atoms with van der Waals surface area (Å²) in [5.41, 5.74) is 0.671. The third-order valence-electron chi connectivity index (χ3n) is 2.99. The molecular formula is C17H17NO4S. The minimum absolute atomic E-state index is 0.0323. The van der Waals surface area contributed by atoms with E-state index in [-0.39, 0.29) is 17.9 Å². The molecule has 0 bridgehead atoms. The van der Waals surface area contributed by atoms with Crippen molar-refractivity contribution in [3.05, 3.63) is 28.7 Å². The van der Waals surface area contributed by atoms with Gasteiger partial charge in [0.2, 0.25) is 0 Å². The largest absolute Gasteiger partial charge is 0.493 e. The zero-order valence-electron chi connectivity index (χ0n) is 13.2. The second-order valence-corrected chi connectivity index (χ2v) is 6.01. The standard InChI is InChI=1S/C17H17NO4S/c1-5-9-18-16(19)14(23-17(18)20)10-12-7-6-8-13(21-4)15(12)22-11(2)3/h1,6-8,10-11H,9H2,2-4H3/b14-10+. The summed E-state index contributed by atoms with van der Waals surface area (Å²) in [6.45, 7) is 3.77. The highest BCUT2D eigenvalue weighted by atomic mass is 32.2. The number of amides is 2. The van der Waals surface area contributed by atoms with E-state index in [0.717, 1.165) is 16.7 Å². The van der Waals surface area contributed by atoms with Gasteiger partial charge in [-0.05, 0) is 37.8 Å². The second kappa shape index (κ2) is 7.25. The third kappa shape index (κ3) is 3.69. The van der Waals surface area contributed by atoms with Crippen LogP contribution in [0.2, 0.25) is 0 Å². The van der Waals surface area contributed by atoms with E-state index >= 15 is 0 Å². The fourth-order valence-corrected chi connectivity index (χ4v) is 2.87. The van der Waals surface area contributed by atoms with E-state index in [1.54, 1.807) is 31.4 Å². The Kier molecular flexibility index (Phi) is 5.35. The van der Waals surface area contributed by atoms with Crippen molar-refractivity contribution in [3.8, 4) is 23.8 Å². The van der Waals surface area contributed by atoms with E-state index in [4.69, 9.17) is 15.9 Å². The van der Waals surface area contributed by atoms with Gasteiger partial charge in [-0.3, -0.25) is 14.5 Å². The van der Waals surface area contributed by atoms with Crippen LogP contribution in [-0.2, 0) is 4.79 Å². The molecule has 1 heterocycles. The molecule has 1 aromatic carbocycles. The first-order valence-corrected chi connectivity index (χ1v) is 7.82. The van der Waals surface area contributed by atoms with Crippen molar-refractivity contribution in [1.82, 2.24) is 4.90 Å². The van der Waals surface area contributed by atoms with Gasteiger partial charge in [-0.15, -0.1) is 6.42 Å². The summed E-state index contributed by atoms with van der Waals surface area (Å²) in [7, 11) is 1.55. The average molecular weight is 331 g/mol. The maximum atomic E-state index is 12.2. The van der Waals surface area contributed by atoms with Crippen molar-refractivity contribution >= 4 is 29.0 Å². The number of hydrogen-bond donors (Lipinski definition) is 0. The van der Waals surface area contributed by atoms with Crippen molar-refractivity contribution in [2.45, 2.75) is 20.0 Å². The highest BCUT2D eigenvalue weighted by molar-refractivity contribution is 8.18. The molecular weight excluding hydrogens is 314 g/mol. The molecule has 1 saturated heterocycles. The van der Waals surface area contributed by atoms with Crippen LogP contribution in [0.25, 0.3) is 6.08 Å². The Morgan fingerprint density at radius 2 is 2.13 bits per heavy atom. The van der Waals surface area contributed by atoms with Crippen LogP contribution in [0.4, 0.5) is 4.79 Å². The first-order valence-electron chi connectivity index (χ1n) is 7.00. The summed E-state index contributed by atoms with van der Waals surface area (Å²) in [4.78, 5) is 25.4. The Morgan fingerprint density at radius 3 is 2.74 bits per heavy atom. The van der Waals surface area contributed by atoms with E-state index < -0.39 is 5.91 Å². The van der Waals surface area contributed by atoms with Gasteiger partial charge in [0.15, 0.2) is 11.5 Å². The number of thioether (sulfide) groups is 1. The van der Waals surface area contributed by atoms with Crippen molar-refractivity contribution in [2.75, 3.05) is 13.7 Å². The Morgan fingerprint density at radius 1 is 1.39 bits per heavy atom. The molecule has 1 aliphatic rings. The molecule has 1 fully saturated rings. The van der Waals surface area contributed by atoms with Gasteiger partial charge < -0.3 is 9.47 Å². The molecule has 1 aromatic rings. The van der Waals surface area contributed by atoms with Crippen molar-refractivity contribution in [1.29, 1.82) is 0 Å². The number of terminal acetylenes is 1. The van der Waals surface area contributed by atoms with Gasteiger partial charge in [0.25, 0.3) is 11.1 Å². The van der Waals surface area contributed by atoms with Crippen LogP contribution in [-0.4, -0.2) is 35.8 Å². The number of methoxy groups -OCH3 is 1. The second-order valence-electron chi connectivity index (χ2n) is 5.02. The maximum Gasteiger partial charge on any atom is 0.294 e. The smallest absolute Gasteiger partial charge is 0.294 e. The van der Waals surface area contributed by atoms with Gasteiger partial charge in [-0.25, -0.2) is 0 Å². The first-order chi connectivity index (χ1) is 11.0. The highest BCUT2D eigenvalue weighted by Gasteiger charge is 2.34. The summed E-state index contributed by atoms with van der Waals surface area (Å²) in [6, 6.07) is 5.37. The molecule has 0 atom stereocenters. The monoisotopic (exact) mass is 331 g/mol. The summed E-state index contributed by atoms with van der Waals surface area (Å²) < 4.78 is 11.1. The van der Waals surface area contributed by atoms with Crippen molar-refractivity contribution < 1.29 is 19.1 Å². The zero-order valence-corrected chi connectivity index (χ0v) is 14.0. The summed E-state index contributed by atoms with van der Waals surface area (Å²) >= 11 is 0.864. The SMILES string of the molecule is C#CCN1C(=O)S/C(=C/c2cccc(OC)c2OC(C)C)C1=O. The van der Waals surface area contributed by atoms with E-state index in [9.17, 15) is 9.59 Å². The zero-order chi connectivity index (χ0) is 17.0. The lowest BCUT2D eigenvalue weighted by Crippen LogP contribution is -2.28. The van der Waals surface area contributed by atoms with E-state index in [1.165, 1.54) is 0 Å². The molecule has 120 valence electrons. The molecule has 0 unspecified atom stereocenters. The van der Waals surface area contributed by atoms with Crippen LogP contribution in [0, 0.1) is 12.3 Å².